The summed E-state index contributed by atoms with van der Waals surface area (Å²) in [6, 6.07) is 9.48. The normalized spacial score (nSPS) is 22.3. The summed E-state index contributed by atoms with van der Waals surface area (Å²) in [7, 11) is 0. The molecule has 0 aliphatic carbocycles. The van der Waals surface area contributed by atoms with Gasteiger partial charge < -0.3 is 10.5 Å². The maximum absolute atomic E-state index is 12.5. The lowest BCUT2D eigenvalue weighted by Crippen LogP contribution is -2.59. The van der Waals surface area contributed by atoms with Crippen molar-refractivity contribution < 1.29 is 9.53 Å². The van der Waals surface area contributed by atoms with Crippen LogP contribution in [0.5, 0.6) is 0 Å². The zero-order chi connectivity index (χ0) is 19.1. The van der Waals surface area contributed by atoms with E-state index in [1.165, 1.54) is 0 Å². The van der Waals surface area contributed by atoms with Crippen LogP contribution in [0, 0.1) is 5.92 Å². The summed E-state index contributed by atoms with van der Waals surface area (Å²) < 4.78 is 5.41. The quantitative estimate of drug-likeness (QED) is 0.612. The average molecular weight is 371 g/mol. The molecule has 3 rings (SSSR count). The molecule has 146 valence electrons. The Balaban J connectivity index is 1.54. The molecule has 2 saturated heterocycles. The number of hydrogen-bond acceptors (Lipinski definition) is 4. The summed E-state index contributed by atoms with van der Waals surface area (Å²) in [6.45, 7) is 5.53. The van der Waals surface area contributed by atoms with E-state index in [0.717, 1.165) is 51.3 Å². The third-order valence-electron chi connectivity index (χ3n) is 5.10. The second kappa shape index (κ2) is 9.62. The van der Waals surface area contributed by atoms with Gasteiger partial charge >= 0.3 is 0 Å². The van der Waals surface area contributed by atoms with Gasteiger partial charge in [0.25, 0.3) is 0 Å². The van der Waals surface area contributed by atoms with E-state index in [0.29, 0.717) is 18.2 Å². The van der Waals surface area contributed by atoms with E-state index in [2.05, 4.69) is 20.2 Å². The van der Waals surface area contributed by atoms with Crippen LogP contribution in [-0.4, -0.2) is 54.9 Å². The van der Waals surface area contributed by atoms with Crippen molar-refractivity contribution in [2.45, 2.75) is 38.6 Å². The summed E-state index contributed by atoms with van der Waals surface area (Å²) in [5.41, 5.74) is 6.77. The van der Waals surface area contributed by atoms with E-state index in [4.69, 9.17) is 10.5 Å². The summed E-state index contributed by atoms with van der Waals surface area (Å²) in [5, 5.41) is 2.74. The Labute approximate surface area is 160 Å². The van der Waals surface area contributed by atoms with E-state index in [9.17, 15) is 4.79 Å². The molecule has 2 fully saturated rings. The number of aliphatic imine (C=N–C) groups is 2. The Morgan fingerprint density at radius 3 is 2.63 bits per heavy atom. The average Bonchev–Trinajstić information content (AvgIpc) is 2.66. The van der Waals surface area contributed by atoms with E-state index < -0.39 is 0 Å². The van der Waals surface area contributed by atoms with Crippen molar-refractivity contribution in [1.29, 1.82) is 0 Å². The standard InChI is InChI=1S/C20H29N5O2/c1-2-18(22-16-6-4-3-5-7-16)23-20(21)24-19(26)17-8-11-25(17)14-15-9-12-27-13-10-15/h3-7,15,17H,2,8-14H2,1H3,(H3,21,22,23,24,26). The van der Waals surface area contributed by atoms with Gasteiger partial charge in [0.15, 0.2) is 0 Å². The molecule has 0 saturated carbocycles. The number of guanidine groups is 1. The first kappa shape index (κ1) is 19.5. The second-order valence-electron chi connectivity index (χ2n) is 7.06. The molecule has 0 aromatic heterocycles. The number of carbonyl (C=O) groups is 1. The van der Waals surface area contributed by atoms with Gasteiger partial charge in [0.05, 0.1) is 11.7 Å². The van der Waals surface area contributed by atoms with Crippen LogP contribution in [0.1, 0.15) is 32.6 Å². The molecule has 1 aromatic rings. The zero-order valence-electron chi connectivity index (χ0n) is 15.9. The minimum atomic E-state index is -0.113. The number of hydrogen-bond donors (Lipinski definition) is 2. The number of nitrogens with zero attached hydrogens (tertiary/aromatic N) is 3. The first-order chi connectivity index (χ1) is 13.2. The first-order valence-electron chi connectivity index (χ1n) is 9.75. The fourth-order valence-electron chi connectivity index (χ4n) is 3.43. The maximum Gasteiger partial charge on any atom is 0.244 e. The molecule has 1 atom stereocenters. The Bertz CT molecular complexity index is 683. The lowest BCUT2D eigenvalue weighted by molar-refractivity contribution is -0.130. The van der Waals surface area contributed by atoms with Crippen LogP contribution in [0.15, 0.2) is 40.3 Å². The largest absolute Gasteiger partial charge is 0.381 e. The molecule has 2 heterocycles. The fraction of sp³-hybridized carbons (Fsp3) is 0.550. The van der Waals surface area contributed by atoms with Gasteiger partial charge in [-0.3, -0.25) is 15.0 Å². The predicted molar refractivity (Wildman–Crippen MR) is 107 cm³/mol. The van der Waals surface area contributed by atoms with Gasteiger partial charge in [-0.1, -0.05) is 25.1 Å². The molecule has 0 bridgehead atoms. The number of carbonyl (C=O) groups excluding carboxylic acids is 1. The van der Waals surface area contributed by atoms with Gasteiger partial charge in [-0.15, -0.1) is 0 Å². The van der Waals surface area contributed by atoms with E-state index in [-0.39, 0.29) is 17.9 Å². The van der Waals surface area contributed by atoms with Crippen LogP contribution in [0.25, 0.3) is 0 Å². The molecule has 2 aliphatic rings. The number of benzene rings is 1. The lowest BCUT2D eigenvalue weighted by Gasteiger charge is -2.42. The molecule has 1 aromatic carbocycles. The van der Waals surface area contributed by atoms with Gasteiger partial charge in [-0.25, -0.2) is 4.99 Å². The van der Waals surface area contributed by atoms with Crippen LogP contribution < -0.4 is 11.1 Å². The Kier molecular flexibility index (Phi) is 6.95. The van der Waals surface area contributed by atoms with Crippen LogP contribution in [0.4, 0.5) is 5.69 Å². The number of rotatable bonds is 5. The van der Waals surface area contributed by atoms with Crippen molar-refractivity contribution in [1.82, 2.24) is 10.2 Å². The smallest absolute Gasteiger partial charge is 0.244 e. The van der Waals surface area contributed by atoms with Crippen molar-refractivity contribution in [2.75, 3.05) is 26.3 Å². The summed E-state index contributed by atoms with van der Waals surface area (Å²) in [6.07, 6.45) is 3.64. The number of para-hydroxylation sites is 1. The van der Waals surface area contributed by atoms with Crippen LogP contribution >= 0.6 is 0 Å². The number of nitrogens with two attached hydrogens (primary N) is 1. The van der Waals surface area contributed by atoms with Crippen molar-refractivity contribution in [2.24, 2.45) is 21.6 Å². The topological polar surface area (TPSA) is 92.3 Å². The third-order valence-corrected chi connectivity index (χ3v) is 5.10. The molecule has 0 radical (unpaired) electrons. The third kappa shape index (κ3) is 5.61. The molecule has 27 heavy (non-hydrogen) atoms. The Morgan fingerprint density at radius 2 is 2.00 bits per heavy atom. The molecule has 0 spiro atoms. The highest BCUT2D eigenvalue weighted by Gasteiger charge is 2.35. The van der Waals surface area contributed by atoms with Crippen molar-refractivity contribution in [3.8, 4) is 0 Å². The highest BCUT2D eigenvalue weighted by atomic mass is 16.5. The molecule has 3 N–H and O–H groups in total. The lowest BCUT2D eigenvalue weighted by atomic mass is 9.94. The number of amidine groups is 1. The molecule has 7 heteroatoms. The van der Waals surface area contributed by atoms with Crippen LogP contribution in [-0.2, 0) is 9.53 Å². The molecular formula is C20H29N5O2. The SMILES string of the molecule is CCC(=Nc1ccccc1)N=C(N)NC(=O)C1CCN1CC1CCOCC1. The number of ether oxygens (including phenoxy) is 1. The van der Waals surface area contributed by atoms with Crippen molar-refractivity contribution in [3.63, 3.8) is 0 Å². The second-order valence-corrected chi connectivity index (χ2v) is 7.06. The summed E-state index contributed by atoms with van der Waals surface area (Å²) in [4.78, 5) is 23.5. The number of amides is 1. The first-order valence-corrected chi connectivity index (χ1v) is 9.75. The van der Waals surface area contributed by atoms with Crippen molar-refractivity contribution in [3.05, 3.63) is 30.3 Å². The molecule has 1 unspecified atom stereocenters. The molecular weight excluding hydrogens is 342 g/mol. The predicted octanol–water partition coefficient (Wildman–Crippen LogP) is 2.06. The monoisotopic (exact) mass is 371 g/mol. The van der Waals surface area contributed by atoms with E-state index >= 15 is 0 Å². The number of likely N-dealkylation sites (tertiary alicyclic amines) is 1. The summed E-state index contributed by atoms with van der Waals surface area (Å²) in [5.74, 6) is 1.23. The maximum atomic E-state index is 12.5. The van der Waals surface area contributed by atoms with E-state index in [1.807, 2.05) is 37.3 Å². The Morgan fingerprint density at radius 1 is 1.26 bits per heavy atom. The van der Waals surface area contributed by atoms with E-state index in [1.54, 1.807) is 0 Å². The zero-order valence-corrected chi connectivity index (χ0v) is 15.9. The van der Waals surface area contributed by atoms with Gasteiger partial charge in [0, 0.05) is 32.7 Å². The molecule has 1 amide bonds. The molecule has 7 nitrogen and oxygen atoms in total. The minimum absolute atomic E-state index is 0.0790. The van der Waals surface area contributed by atoms with Crippen molar-refractivity contribution >= 4 is 23.4 Å². The van der Waals surface area contributed by atoms with Gasteiger partial charge in [0.1, 0.15) is 5.84 Å². The highest BCUT2D eigenvalue weighted by Crippen LogP contribution is 2.23. The van der Waals surface area contributed by atoms with Crippen LogP contribution in [0.2, 0.25) is 0 Å². The van der Waals surface area contributed by atoms with Crippen LogP contribution in [0.3, 0.4) is 0 Å². The van der Waals surface area contributed by atoms with Gasteiger partial charge in [-0.2, -0.15) is 4.99 Å². The number of nitrogens with one attached hydrogen (secondary N) is 1. The Hall–Kier alpha value is -2.25. The molecule has 2 aliphatic heterocycles. The summed E-state index contributed by atoms with van der Waals surface area (Å²) >= 11 is 0. The highest BCUT2D eigenvalue weighted by molar-refractivity contribution is 6.04. The minimum Gasteiger partial charge on any atom is -0.381 e. The van der Waals surface area contributed by atoms with Gasteiger partial charge in [-0.05, 0) is 37.3 Å². The van der Waals surface area contributed by atoms with Gasteiger partial charge in [0.2, 0.25) is 11.9 Å². The fourth-order valence-corrected chi connectivity index (χ4v) is 3.43.